The Morgan fingerprint density at radius 3 is 2.36 bits per heavy atom. The van der Waals surface area contributed by atoms with Crippen LogP contribution in [0.2, 0.25) is 0 Å². The van der Waals surface area contributed by atoms with Crippen molar-refractivity contribution >= 4 is 11.7 Å². The van der Waals surface area contributed by atoms with Gasteiger partial charge in [-0.3, -0.25) is 4.79 Å². The second kappa shape index (κ2) is 9.73. The van der Waals surface area contributed by atoms with Gasteiger partial charge in [0.2, 0.25) is 0 Å². The number of amides is 1. The van der Waals surface area contributed by atoms with E-state index in [1.54, 1.807) is 29.4 Å². The van der Waals surface area contributed by atoms with Gasteiger partial charge in [0.15, 0.2) is 0 Å². The molecule has 0 saturated heterocycles. The third-order valence-electron chi connectivity index (χ3n) is 5.47. The van der Waals surface area contributed by atoms with Crippen molar-refractivity contribution in [2.75, 3.05) is 19.0 Å². The van der Waals surface area contributed by atoms with E-state index in [4.69, 9.17) is 9.52 Å². The molecule has 4 rings (SSSR count). The number of anilines is 1. The molecule has 0 aliphatic rings. The SMILES string of the molecule is CCc1nn(-c2ccccc2)c(N(C)C)c1CN(Cc1ccco1)C(=O)c1ccccc1F. The van der Waals surface area contributed by atoms with E-state index < -0.39 is 11.7 Å². The largest absolute Gasteiger partial charge is 0.467 e. The molecule has 0 aliphatic carbocycles. The maximum atomic E-state index is 14.5. The summed E-state index contributed by atoms with van der Waals surface area (Å²) in [5.74, 6) is 0.558. The summed E-state index contributed by atoms with van der Waals surface area (Å²) in [7, 11) is 3.91. The molecular weight excluding hydrogens is 419 g/mol. The Kier molecular flexibility index (Phi) is 6.58. The number of carbonyl (C=O) groups is 1. The number of nitrogens with zero attached hydrogens (tertiary/aromatic N) is 4. The summed E-state index contributed by atoms with van der Waals surface area (Å²) in [6, 6.07) is 19.5. The predicted octanol–water partition coefficient (Wildman–Crippen LogP) is 5.08. The fourth-order valence-corrected chi connectivity index (χ4v) is 3.93. The van der Waals surface area contributed by atoms with E-state index in [1.165, 1.54) is 12.1 Å². The molecule has 170 valence electrons. The minimum atomic E-state index is -0.546. The molecule has 4 aromatic rings. The van der Waals surface area contributed by atoms with Gasteiger partial charge in [-0.1, -0.05) is 37.3 Å². The van der Waals surface area contributed by atoms with E-state index >= 15 is 0 Å². The summed E-state index contributed by atoms with van der Waals surface area (Å²) in [5.41, 5.74) is 2.76. The molecule has 0 fully saturated rings. The van der Waals surface area contributed by atoms with Crippen LogP contribution in [0.5, 0.6) is 0 Å². The van der Waals surface area contributed by atoms with Crippen LogP contribution in [0.4, 0.5) is 10.2 Å². The predicted molar refractivity (Wildman–Crippen MR) is 126 cm³/mol. The van der Waals surface area contributed by atoms with Gasteiger partial charge >= 0.3 is 0 Å². The van der Waals surface area contributed by atoms with E-state index in [2.05, 4.69) is 0 Å². The molecule has 0 saturated carbocycles. The first-order valence-corrected chi connectivity index (χ1v) is 10.9. The first kappa shape index (κ1) is 22.3. The molecule has 2 aromatic carbocycles. The topological polar surface area (TPSA) is 54.5 Å². The van der Waals surface area contributed by atoms with Crippen LogP contribution in [0, 0.1) is 5.82 Å². The van der Waals surface area contributed by atoms with Gasteiger partial charge in [0.05, 0.1) is 36.3 Å². The summed E-state index contributed by atoms with van der Waals surface area (Å²) >= 11 is 0. The molecule has 2 aromatic heterocycles. The molecule has 7 heteroatoms. The molecule has 33 heavy (non-hydrogen) atoms. The maximum absolute atomic E-state index is 14.5. The van der Waals surface area contributed by atoms with Gasteiger partial charge in [-0.05, 0) is 42.8 Å². The van der Waals surface area contributed by atoms with Crippen LogP contribution in [0.15, 0.2) is 77.4 Å². The van der Waals surface area contributed by atoms with E-state index in [-0.39, 0.29) is 18.7 Å². The second-order valence-electron chi connectivity index (χ2n) is 7.96. The first-order chi connectivity index (χ1) is 16.0. The Balaban J connectivity index is 1.79. The minimum absolute atomic E-state index is 0.0314. The van der Waals surface area contributed by atoms with Gasteiger partial charge in [0, 0.05) is 19.7 Å². The van der Waals surface area contributed by atoms with Gasteiger partial charge < -0.3 is 14.2 Å². The highest BCUT2D eigenvalue weighted by Gasteiger charge is 2.26. The fourth-order valence-electron chi connectivity index (χ4n) is 3.93. The van der Waals surface area contributed by atoms with Crippen molar-refractivity contribution < 1.29 is 13.6 Å². The number of hydrogen-bond donors (Lipinski definition) is 0. The van der Waals surface area contributed by atoms with Crippen LogP contribution in [-0.4, -0.2) is 34.7 Å². The monoisotopic (exact) mass is 446 g/mol. The minimum Gasteiger partial charge on any atom is -0.467 e. The highest BCUT2D eigenvalue weighted by atomic mass is 19.1. The Morgan fingerprint density at radius 1 is 1.00 bits per heavy atom. The van der Waals surface area contributed by atoms with Gasteiger partial charge in [0.1, 0.15) is 17.4 Å². The number of aromatic nitrogens is 2. The van der Waals surface area contributed by atoms with E-state index in [0.717, 1.165) is 22.8 Å². The average molecular weight is 447 g/mol. The zero-order chi connectivity index (χ0) is 23.4. The molecule has 1 amide bonds. The Bertz CT molecular complexity index is 1220. The molecule has 0 spiro atoms. The summed E-state index contributed by atoms with van der Waals surface area (Å²) in [4.78, 5) is 17.1. The van der Waals surface area contributed by atoms with Crippen molar-refractivity contribution in [3.05, 3.63) is 101 Å². The van der Waals surface area contributed by atoms with Crippen LogP contribution < -0.4 is 4.90 Å². The highest BCUT2D eigenvalue weighted by Crippen LogP contribution is 2.29. The van der Waals surface area contributed by atoms with Crippen molar-refractivity contribution in [1.29, 1.82) is 0 Å². The first-order valence-electron chi connectivity index (χ1n) is 10.9. The van der Waals surface area contributed by atoms with Gasteiger partial charge in [-0.15, -0.1) is 0 Å². The van der Waals surface area contributed by atoms with Crippen molar-refractivity contribution in [2.45, 2.75) is 26.4 Å². The average Bonchev–Trinajstić information content (AvgIpc) is 3.47. The van der Waals surface area contributed by atoms with Crippen LogP contribution >= 0.6 is 0 Å². The van der Waals surface area contributed by atoms with Crippen molar-refractivity contribution in [1.82, 2.24) is 14.7 Å². The normalized spacial score (nSPS) is 10.9. The number of carbonyl (C=O) groups excluding carboxylic acids is 1. The summed E-state index contributed by atoms with van der Waals surface area (Å²) in [5, 5.41) is 4.86. The van der Waals surface area contributed by atoms with E-state index in [0.29, 0.717) is 12.2 Å². The van der Waals surface area contributed by atoms with Crippen LogP contribution in [-0.2, 0) is 19.5 Å². The number of furan rings is 1. The molecule has 0 radical (unpaired) electrons. The summed E-state index contributed by atoms with van der Waals surface area (Å²) < 4.78 is 21.9. The third-order valence-corrected chi connectivity index (χ3v) is 5.47. The van der Waals surface area contributed by atoms with E-state index in [9.17, 15) is 9.18 Å². The Morgan fingerprint density at radius 2 is 1.73 bits per heavy atom. The van der Waals surface area contributed by atoms with Gasteiger partial charge in [-0.25, -0.2) is 9.07 Å². The summed E-state index contributed by atoms with van der Waals surface area (Å²) in [6.45, 7) is 2.51. The standard InChI is InChI=1S/C26H27FN4O2/c1-4-24-22(25(29(2)3)31(28-24)19-11-6-5-7-12-19)18-30(17-20-13-10-16-33-20)26(32)21-14-8-9-15-23(21)27/h5-16H,4,17-18H2,1-3H3. The van der Waals surface area contributed by atoms with Gasteiger partial charge in [0.25, 0.3) is 5.91 Å². The lowest BCUT2D eigenvalue weighted by molar-refractivity contribution is 0.0713. The highest BCUT2D eigenvalue weighted by molar-refractivity contribution is 5.94. The van der Waals surface area contributed by atoms with Crippen molar-refractivity contribution in [2.24, 2.45) is 0 Å². The van der Waals surface area contributed by atoms with Crippen LogP contribution in [0.3, 0.4) is 0 Å². The smallest absolute Gasteiger partial charge is 0.257 e. The molecular formula is C26H27FN4O2. The number of para-hydroxylation sites is 1. The summed E-state index contributed by atoms with van der Waals surface area (Å²) in [6.07, 6.45) is 2.26. The number of hydrogen-bond acceptors (Lipinski definition) is 4. The van der Waals surface area contributed by atoms with Crippen LogP contribution in [0.1, 0.15) is 34.3 Å². The number of aryl methyl sites for hydroxylation is 1. The molecule has 2 heterocycles. The van der Waals surface area contributed by atoms with Crippen LogP contribution in [0.25, 0.3) is 5.69 Å². The maximum Gasteiger partial charge on any atom is 0.257 e. The lowest BCUT2D eigenvalue weighted by atomic mass is 10.1. The molecule has 0 bridgehead atoms. The van der Waals surface area contributed by atoms with Crippen molar-refractivity contribution in [3.8, 4) is 5.69 Å². The number of halogens is 1. The zero-order valence-corrected chi connectivity index (χ0v) is 19.0. The molecule has 0 aliphatic heterocycles. The lowest BCUT2D eigenvalue weighted by Crippen LogP contribution is -2.31. The van der Waals surface area contributed by atoms with Crippen molar-refractivity contribution in [3.63, 3.8) is 0 Å². The molecule has 0 unspecified atom stereocenters. The Hall–Kier alpha value is -3.87. The fraction of sp³-hybridized carbons (Fsp3) is 0.231. The zero-order valence-electron chi connectivity index (χ0n) is 19.0. The lowest BCUT2D eigenvalue weighted by Gasteiger charge is -2.24. The Labute approximate surface area is 192 Å². The van der Waals surface area contributed by atoms with Gasteiger partial charge in [-0.2, -0.15) is 5.10 Å². The third kappa shape index (κ3) is 4.67. The quantitative estimate of drug-likeness (QED) is 0.379. The molecule has 0 N–H and O–H groups in total. The number of rotatable bonds is 8. The van der Waals surface area contributed by atoms with E-state index in [1.807, 2.05) is 67.0 Å². The molecule has 6 nitrogen and oxygen atoms in total. The molecule has 0 atom stereocenters. The number of benzene rings is 2. The second-order valence-corrected chi connectivity index (χ2v) is 7.96.